The van der Waals surface area contributed by atoms with Gasteiger partial charge in [-0.1, -0.05) is 30.3 Å². The number of alkyl halides is 3. The predicted molar refractivity (Wildman–Crippen MR) is 93.6 cm³/mol. The lowest BCUT2D eigenvalue weighted by molar-refractivity contribution is -0.385. The molecule has 0 unspecified atom stereocenters. The molecule has 0 aliphatic carbocycles. The van der Waals surface area contributed by atoms with Crippen molar-refractivity contribution in [1.82, 2.24) is 4.37 Å². The number of anilines is 1. The Labute approximate surface area is 154 Å². The zero-order chi connectivity index (χ0) is 19.6. The Hall–Kier alpha value is -3.27. The van der Waals surface area contributed by atoms with E-state index in [0.717, 1.165) is 23.2 Å². The van der Waals surface area contributed by atoms with E-state index in [0.29, 0.717) is 22.8 Å². The van der Waals surface area contributed by atoms with Gasteiger partial charge in [0.2, 0.25) is 0 Å². The molecular weight excluding hydrogens is 383 g/mol. The van der Waals surface area contributed by atoms with Gasteiger partial charge in [0, 0.05) is 17.7 Å². The smallest absolute Gasteiger partial charge is 0.312 e. The fourth-order valence-electron chi connectivity index (χ4n) is 2.31. The molecule has 0 radical (unpaired) electrons. The van der Waals surface area contributed by atoms with Gasteiger partial charge in [0.25, 0.3) is 11.6 Å². The molecule has 0 spiro atoms. The molecule has 1 N–H and O–H groups in total. The number of hydrogen-bond acceptors (Lipinski definition) is 5. The number of nitro benzene ring substituents is 1. The standard InChI is InChI=1S/C17H10F3N3O3S/c18-17(19,20)11-6-7-12(14(8-11)23(25)26)16(24)21-15-9-13(22-27-15)10-4-2-1-3-5-10/h1-9H,(H,21,24). The lowest BCUT2D eigenvalue weighted by atomic mass is 10.1. The number of halogens is 3. The largest absolute Gasteiger partial charge is 0.416 e. The Balaban J connectivity index is 1.86. The van der Waals surface area contributed by atoms with Crippen molar-refractivity contribution in [2.75, 3.05) is 5.32 Å². The van der Waals surface area contributed by atoms with Crippen molar-refractivity contribution in [3.05, 3.63) is 75.8 Å². The molecular formula is C17H10F3N3O3S. The van der Waals surface area contributed by atoms with E-state index in [-0.39, 0.29) is 0 Å². The van der Waals surface area contributed by atoms with Gasteiger partial charge in [-0.25, -0.2) is 0 Å². The van der Waals surface area contributed by atoms with E-state index in [1.165, 1.54) is 0 Å². The summed E-state index contributed by atoms with van der Waals surface area (Å²) < 4.78 is 42.4. The van der Waals surface area contributed by atoms with Crippen LogP contribution in [0.4, 0.5) is 23.9 Å². The molecule has 0 bridgehead atoms. The maximum Gasteiger partial charge on any atom is 0.416 e. The van der Waals surface area contributed by atoms with Crippen LogP contribution in [0.2, 0.25) is 0 Å². The number of hydrogen-bond donors (Lipinski definition) is 1. The molecule has 0 atom stereocenters. The number of carbonyl (C=O) groups is 1. The average molecular weight is 393 g/mol. The van der Waals surface area contributed by atoms with Crippen molar-refractivity contribution in [1.29, 1.82) is 0 Å². The Kier molecular flexibility index (Phi) is 4.91. The maximum atomic E-state index is 12.7. The minimum Gasteiger partial charge on any atom is -0.312 e. The topological polar surface area (TPSA) is 85.1 Å². The highest BCUT2D eigenvalue weighted by Crippen LogP contribution is 2.33. The predicted octanol–water partition coefficient (Wildman–Crippen LogP) is 4.99. The van der Waals surface area contributed by atoms with Crippen LogP contribution >= 0.6 is 11.5 Å². The average Bonchev–Trinajstić information content (AvgIpc) is 3.09. The van der Waals surface area contributed by atoms with Crippen LogP contribution < -0.4 is 5.32 Å². The summed E-state index contributed by atoms with van der Waals surface area (Å²) in [6, 6.07) is 12.5. The molecule has 0 saturated carbocycles. The van der Waals surface area contributed by atoms with Crippen LogP contribution in [0.3, 0.4) is 0 Å². The van der Waals surface area contributed by atoms with Crippen molar-refractivity contribution in [2.24, 2.45) is 0 Å². The molecule has 138 valence electrons. The highest BCUT2D eigenvalue weighted by atomic mass is 32.1. The SMILES string of the molecule is O=C(Nc1cc(-c2ccccc2)ns1)c1ccc(C(F)(F)F)cc1[N+](=O)[O-]. The van der Waals surface area contributed by atoms with E-state index in [4.69, 9.17) is 0 Å². The monoisotopic (exact) mass is 393 g/mol. The van der Waals surface area contributed by atoms with E-state index in [1.54, 1.807) is 6.07 Å². The van der Waals surface area contributed by atoms with E-state index in [9.17, 15) is 28.1 Å². The van der Waals surface area contributed by atoms with Gasteiger partial charge in [-0.05, 0) is 23.7 Å². The van der Waals surface area contributed by atoms with Crippen LogP contribution in [0.15, 0.2) is 54.6 Å². The second-order valence-corrected chi connectivity index (χ2v) is 6.19. The molecule has 6 nitrogen and oxygen atoms in total. The van der Waals surface area contributed by atoms with Crippen LogP contribution in [-0.2, 0) is 6.18 Å². The van der Waals surface area contributed by atoms with Crippen molar-refractivity contribution in [3.8, 4) is 11.3 Å². The summed E-state index contributed by atoms with van der Waals surface area (Å²) in [5.41, 5.74) is -1.18. The molecule has 1 amide bonds. The van der Waals surface area contributed by atoms with Gasteiger partial charge >= 0.3 is 6.18 Å². The Morgan fingerprint density at radius 3 is 2.44 bits per heavy atom. The van der Waals surface area contributed by atoms with Crippen LogP contribution in [0, 0.1) is 10.1 Å². The molecule has 3 rings (SSSR count). The molecule has 2 aromatic carbocycles. The van der Waals surface area contributed by atoms with E-state index >= 15 is 0 Å². The summed E-state index contributed by atoms with van der Waals surface area (Å²) in [4.78, 5) is 22.4. The van der Waals surface area contributed by atoms with Gasteiger partial charge in [-0.15, -0.1) is 0 Å². The molecule has 3 aromatic rings. The zero-order valence-electron chi connectivity index (χ0n) is 13.4. The third-order valence-electron chi connectivity index (χ3n) is 3.58. The van der Waals surface area contributed by atoms with Crippen molar-refractivity contribution < 1.29 is 22.9 Å². The summed E-state index contributed by atoms with van der Waals surface area (Å²) >= 11 is 0.957. The first-order valence-electron chi connectivity index (χ1n) is 7.45. The number of rotatable bonds is 4. The third-order valence-corrected chi connectivity index (χ3v) is 4.29. The van der Waals surface area contributed by atoms with Gasteiger partial charge in [0.15, 0.2) is 0 Å². The molecule has 1 heterocycles. The summed E-state index contributed by atoms with van der Waals surface area (Å²) in [5, 5.41) is 13.8. The lowest BCUT2D eigenvalue weighted by Gasteiger charge is -2.08. The summed E-state index contributed by atoms with van der Waals surface area (Å²) in [7, 11) is 0. The van der Waals surface area contributed by atoms with Crippen LogP contribution in [0.5, 0.6) is 0 Å². The van der Waals surface area contributed by atoms with E-state index in [2.05, 4.69) is 9.69 Å². The second kappa shape index (κ2) is 7.16. The minimum atomic E-state index is -4.75. The van der Waals surface area contributed by atoms with Crippen molar-refractivity contribution >= 4 is 28.1 Å². The lowest BCUT2D eigenvalue weighted by Crippen LogP contribution is -2.14. The number of nitrogens with one attached hydrogen (secondary N) is 1. The van der Waals surface area contributed by atoms with Crippen LogP contribution in [-0.4, -0.2) is 15.2 Å². The normalized spacial score (nSPS) is 11.2. The van der Waals surface area contributed by atoms with Gasteiger partial charge in [-0.2, -0.15) is 17.5 Å². The van der Waals surface area contributed by atoms with Crippen LogP contribution in [0.25, 0.3) is 11.3 Å². The Morgan fingerprint density at radius 1 is 1.11 bits per heavy atom. The number of aromatic nitrogens is 1. The van der Waals surface area contributed by atoms with E-state index < -0.39 is 33.8 Å². The first-order valence-corrected chi connectivity index (χ1v) is 8.22. The quantitative estimate of drug-likeness (QED) is 0.500. The summed E-state index contributed by atoms with van der Waals surface area (Å²) in [6.07, 6.45) is -4.75. The number of carbonyl (C=O) groups excluding carboxylic acids is 1. The molecule has 0 aliphatic heterocycles. The zero-order valence-corrected chi connectivity index (χ0v) is 14.2. The highest BCUT2D eigenvalue weighted by Gasteiger charge is 2.34. The van der Waals surface area contributed by atoms with Crippen LogP contribution in [0.1, 0.15) is 15.9 Å². The molecule has 1 aromatic heterocycles. The number of nitro groups is 1. The fourth-order valence-corrected chi connectivity index (χ4v) is 2.97. The molecule has 0 aliphatic rings. The summed E-state index contributed by atoms with van der Waals surface area (Å²) in [6.45, 7) is 0. The van der Waals surface area contributed by atoms with E-state index in [1.807, 2.05) is 30.3 Å². The van der Waals surface area contributed by atoms with Gasteiger partial charge in [0.1, 0.15) is 10.6 Å². The molecule has 0 fully saturated rings. The minimum absolute atomic E-state index is 0.313. The number of nitrogens with zero attached hydrogens (tertiary/aromatic N) is 2. The maximum absolute atomic E-state index is 12.7. The Morgan fingerprint density at radius 2 is 1.81 bits per heavy atom. The highest BCUT2D eigenvalue weighted by molar-refractivity contribution is 7.10. The second-order valence-electron chi connectivity index (χ2n) is 5.38. The summed E-state index contributed by atoms with van der Waals surface area (Å²) in [5.74, 6) is -0.890. The van der Waals surface area contributed by atoms with Gasteiger partial charge in [0.05, 0.1) is 16.2 Å². The first kappa shape index (κ1) is 18.5. The fraction of sp³-hybridized carbons (Fsp3) is 0.0588. The first-order chi connectivity index (χ1) is 12.8. The molecule has 10 heteroatoms. The van der Waals surface area contributed by atoms with Crippen molar-refractivity contribution in [3.63, 3.8) is 0 Å². The number of benzene rings is 2. The molecule has 0 saturated heterocycles. The van der Waals surface area contributed by atoms with Gasteiger partial charge < -0.3 is 5.32 Å². The van der Waals surface area contributed by atoms with Gasteiger partial charge in [-0.3, -0.25) is 14.9 Å². The third kappa shape index (κ3) is 4.11. The Bertz CT molecular complexity index is 1000. The van der Waals surface area contributed by atoms with Crippen molar-refractivity contribution in [2.45, 2.75) is 6.18 Å². The number of amides is 1. The molecule has 27 heavy (non-hydrogen) atoms.